The summed E-state index contributed by atoms with van der Waals surface area (Å²) in [4.78, 5) is 24.3. The summed E-state index contributed by atoms with van der Waals surface area (Å²) >= 11 is 0. The smallest absolute Gasteiger partial charge is 0.306 e. The Morgan fingerprint density at radius 1 is 1.22 bits per heavy atom. The number of piperidine rings is 1. The molecule has 0 aliphatic carbocycles. The van der Waals surface area contributed by atoms with Crippen molar-refractivity contribution in [3.8, 4) is 0 Å². The average Bonchev–Trinajstić information content (AvgIpc) is 2.38. The first-order chi connectivity index (χ1) is 8.59. The van der Waals surface area contributed by atoms with E-state index in [2.05, 4.69) is 0 Å². The lowest BCUT2D eigenvalue weighted by molar-refractivity contribution is -0.143. The molecule has 2 rings (SSSR count). The van der Waals surface area contributed by atoms with Gasteiger partial charge in [-0.25, -0.2) is 4.39 Å². The summed E-state index contributed by atoms with van der Waals surface area (Å²) in [5.74, 6) is -2.12. The number of carboxylic acid groups (broad SMARTS) is 1. The molecular formula is C13H14FNO3. The van der Waals surface area contributed by atoms with Crippen molar-refractivity contribution in [3.05, 3.63) is 35.6 Å². The quantitative estimate of drug-likeness (QED) is 0.871. The van der Waals surface area contributed by atoms with Gasteiger partial charge in [0, 0.05) is 13.1 Å². The van der Waals surface area contributed by atoms with Gasteiger partial charge in [-0.15, -0.1) is 0 Å². The maximum Gasteiger partial charge on any atom is 0.306 e. The number of hydrogen-bond donors (Lipinski definition) is 1. The van der Waals surface area contributed by atoms with E-state index in [0.29, 0.717) is 25.9 Å². The van der Waals surface area contributed by atoms with Crippen LogP contribution in [0.25, 0.3) is 0 Å². The number of benzene rings is 1. The van der Waals surface area contributed by atoms with Crippen molar-refractivity contribution in [3.63, 3.8) is 0 Å². The van der Waals surface area contributed by atoms with Gasteiger partial charge in [0.25, 0.3) is 5.91 Å². The summed E-state index contributed by atoms with van der Waals surface area (Å²) in [7, 11) is 0. The second-order valence-electron chi connectivity index (χ2n) is 4.38. The number of amides is 1. The van der Waals surface area contributed by atoms with E-state index in [9.17, 15) is 14.0 Å². The molecule has 0 atom stereocenters. The zero-order valence-electron chi connectivity index (χ0n) is 9.80. The van der Waals surface area contributed by atoms with Crippen LogP contribution in [0.15, 0.2) is 24.3 Å². The molecule has 0 aromatic heterocycles. The van der Waals surface area contributed by atoms with E-state index >= 15 is 0 Å². The first-order valence-electron chi connectivity index (χ1n) is 5.86. The Balaban J connectivity index is 2.04. The molecule has 1 fully saturated rings. The molecule has 1 heterocycles. The Bertz CT molecular complexity index is 467. The van der Waals surface area contributed by atoms with Crippen molar-refractivity contribution < 1.29 is 19.1 Å². The van der Waals surface area contributed by atoms with Gasteiger partial charge >= 0.3 is 5.97 Å². The fraction of sp³-hybridized carbons (Fsp3) is 0.385. The lowest BCUT2D eigenvalue weighted by atomic mass is 9.96. The number of likely N-dealkylation sites (tertiary alicyclic amines) is 1. The zero-order valence-corrected chi connectivity index (χ0v) is 9.80. The fourth-order valence-corrected chi connectivity index (χ4v) is 2.13. The molecule has 0 bridgehead atoms. The van der Waals surface area contributed by atoms with Gasteiger partial charge in [0.15, 0.2) is 0 Å². The molecule has 4 nitrogen and oxygen atoms in total. The topological polar surface area (TPSA) is 57.6 Å². The molecule has 0 radical (unpaired) electrons. The van der Waals surface area contributed by atoms with E-state index in [1.54, 1.807) is 6.07 Å². The molecule has 18 heavy (non-hydrogen) atoms. The highest BCUT2D eigenvalue weighted by Crippen LogP contribution is 2.20. The second-order valence-corrected chi connectivity index (χ2v) is 4.38. The summed E-state index contributed by atoms with van der Waals surface area (Å²) in [6.45, 7) is 0.730. The van der Waals surface area contributed by atoms with Crippen LogP contribution in [0.1, 0.15) is 23.2 Å². The standard InChI is InChI=1S/C13H14FNO3/c14-11-4-2-1-3-10(11)12(16)15-7-5-9(6-8-15)13(17)18/h1-4,9H,5-8H2,(H,17,18). The van der Waals surface area contributed by atoms with Crippen molar-refractivity contribution >= 4 is 11.9 Å². The van der Waals surface area contributed by atoms with Gasteiger partial charge < -0.3 is 10.0 Å². The Labute approximate surface area is 104 Å². The van der Waals surface area contributed by atoms with Crippen molar-refractivity contribution in [2.24, 2.45) is 5.92 Å². The molecule has 1 aliphatic rings. The van der Waals surface area contributed by atoms with E-state index in [4.69, 9.17) is 5.11 Å². The van der Waals surface area contributed by atoms with Gasteiger partial charge in [-0.2, -0.15) is 0 Å². The summed E-state index contributed by atoms with van der Waals surface area (Å²) in [6, 6.07) is 5.83. The maximum absolute atomic E-state index is 13.5. The Morgan fingerprint density at radius 3 is 2.39 bits per heavy atom. The molecule has 0 saturated carbocycles. The largest absolute Gasteiger partial charge is 0.481 e. The zero-order chi connectivity index (χ0) is 13.1. The van der Waals surface area contributed by atoms with Gasteiger partial charge in [-0.1, -0.05) is 12.1 Å². The lowest BCUT2D eigenvalue weighted by Crippen LogP contribution is -2.40. The number of nitrogens with zero attached hydrogens (tertiary/aromatic N) is 1. The van der Waals surface area contributed by atoms with Gasteiger partial charge in [0.2, 0.25) is 0 Å². The highest BCUT2D eigenvalue weighted by atomic mass is 19.1. The summed E-state index contributed by atoms with van der Waals surface area (Å²) < 4.78 is 13.5. The molecule has 1 aromatic rings. The predicted molar refractivity (Wildman–Crippen MR) is 62.7 cm³/mol. The molecule has 5 heteroatoms. The minimum absolute atomic E-state index is 0.0475. The Kier molecular flexibility index (Phi) is 3.60. The highest BCUT2D eigenvalue weighted by molar-refractivity contribution is 5.94. The third-order valence-electron chi connectivity index (χ3n) is 3.24. The van der Waals surface area contributed by atoms with Crippen LogP contribution < -0.4 is 0 Å². The van der Waals surface area contributed by atoms with E-state index in [1.807, 2.05) is 0 Å². The first kappa shape index (κ1) is 12.5. The SMILES string of the molecule is O=C(O)C1CCN(C(=O)c2ccccc2F)CC1. The van der Waals surface area contributed by atoms with Crippen LogP contribution in [0.4, 0.5) is 4.39 Å². The van der Waals surface area contributed by atoms with Crippen LogP contribution in [0.2, 0.25) is 0 Å². The minimum Gasteiger partial charge on any atom is -0.481 e. The van der Waals surface area contributed by atoms with Crippen LogP contribution >= 0.6 is 0 Å². The Hall–Kier alpha value is -1.91. The maximum atomic E-state index is 13.5. The molecule has 0 unspecified atom stereocenters. The van der Waals surface area contributed by atoms with E-state index < -0.39 is 17.7 Å². The molecule has 1 saturated heterocycles. The van der Waals surface area contributed by atoms with Gasteiger partial charge in [0.1, 0.15) is 5.82 Å². The molecule has 1 aliphatic heterocycles. The molecule has 1 aromatic carbocycles. The van der Waals surface area contributed by atoms with Gasteiger partial charge in [0.05, 0.1) is 11.5 Å². The third kappa shape index (κ3) is 2.50. The van der Waals surface area contributed by atoms with E-state index in [0.717, 1.165) is 0 Å². The van der Waals surface area contributed by atoms with E-state index in [1.165, 1.54) is 23.1 Å². The normalized spacial score (nSPS) is 16.6. The van der Waals surface area contributed by atoms with Crippen LogP contribution in [0.5, 0.6) is 0 Å². The van der Waals surface area contributed by atoms with E-state index in [-0.39, 0.29) is 11.5 Å². The lowest BCUT2D eigenvalue weighted by Gasteiger charge is -2.30. The Morgan fingerprint density at radius 2 is 1.83 bits per heavy atom. The summed E-state index contributed by atoms with van der Waals surface area (Å²) in [5.41, 5.74) is 0.0475. The van der Waals surface area contributed by atoms with Gasteiger partial charge in [-0.3, -0.25) is 9.59 Å². The third-order valence-corrected chi connectivity index (χ3v) is 3.24. The average molecular weight is 251 g/mol. The van der Waals surface area contributed by atoms with Crippen LogP contribution in [0.3, 0.4) is 0 Å². The fourth-order valence-electron chi connectivity index (χ4n) is 2.13. The molecular weight excluding hydrogens is 237 g/mol. The highest BCUT2D eigenvalue weighted by Gasteiger charge is 2.28. The number of hydrogen-bond acceptors (Lipinski definition) is 2. The summed E-state index contributed by atoms with van der Waals surface area (Å²) in [5, 5.41) is 8.86. The number of halogens is 1. The van der Waals surface area contributed by atoms with Crippen molar-refractivity contribution in [1.29, 1.82) is 0 Å². The number of carbonyl (C=O) groups is 2. The monoisotopic (exact) mass is 251 g/mol. The molecule has 0 spiro atoms. The molecule has 1 N–H and O–H groups in total. The number of rotatable bonds is 2. The van der Waals surface area contributed by atoms with Crippen molar-refractivity contribution in [1.82, 2.24) is 4.90 Å². The number of carbonyl (C=O) groups excluding carboxylic acids is 1. The van der Waals surface area contributed by atoms with Crippen molar-refractivity contribution in [2.45, 2.75) is 12.8 Å². The number of aliphatic carboxylic acids is 1. The second kappa shape index (κ2) is 5.16. The predicted octanol–water partition coefficient (Wildman–Crippen LogP) is 1.76. The number of carboxylic acids is 1. The minimum atomic E-state index is -0.826. The molecule has 1 amide bonds. The van der Waals surface area contributed by atoms with Gasteiger partial charge in [-0.05, 0) is 25.0 Å². The van der Waals surface area contributed by atoms with Crippen LogP contribution in [0, 0.1) is 11.7 Å². The first-order valence-corrected chi connectivity index (χ1v) is 5.86. The molecule has 96 valence electrons. The van der Waals surface area contributed by atoms with Crippen LogP contribution in [-0.2, 0) is 4.79 Å². The summed E-state index contributed by atoms with van der Waals surface area (Å²) in [6.07, 6.45) is 0.852. The van der Waals surface area contributed by atoms with Crippen molar-refractivity contribution in [2.75, 3.05) is 13.1 Å². The van der Waals surface area contributed by atoms with Crippen LogP contribution in [-0.4, -0.2) is 35.0 Å².